The highest BCUT2D eigenvalue weighted by Gasteiger charge is 2.22. The number of hydrogen-bond donors (Lipinski definition) is 3. The predicted octanol–water partition coefficient (Wildman–Crippen LogP) is 4.56. The number of nitrogens with zero attached hydrogens (tertiary/aromatic N) is 6. The van der Waals surface area contributed by atoms with E-state index in [-0.39, 0.29) is 11.0 Å². The van der Waals surface area contributed by atoms with E-state index < -0.39 is 6.03 Å². The van der Waals surface area contributed by atoms with Crippen LogP contribution in [0.4, 0.5) is 22.2 Å². The van der Waals surface area contributed by atoms with Crippen molar-refractivity contribution in [2.75, 3.05) is 23.0 Å². The predicted molar refractivity (Wildman–Crippen MR) is 152 cm³/mol. The van der Waals surface area contributed by atoms with Crippen LogP contribution >= 0.6 is 0 Å². The van der Waals surface area contributed by atoms with Crippen LogP contribution in [-0.4, -0.2) is 42.4 Å². The van der Waals surface area contributed by atoms with Crippen molar-refractivity contribution in [3.63, 3.8) is 0 Å². The molecule has 0 atom stereocenters. The van der Waals surface area contributed by atoms with E-state index in [9.17, 15) is 9.59 Å². The highest BCUT2D eigenvalue weighted by molar-refractivity contribution is 6.00. The second kappa shape index (κ2) is 10.0. The van der Waals surface area contributed by atoms with Crippen molar-refractivity contribution in [3.05, 3.63) is 83.2 Å². The van der Waals surface area contributed by atoms with Gasteiger partial charge in [-0.3, -0.25) is 19.7 Å². The molecule has 0 saturated heterocycles. The van der Waals surface area contributed by atoms with Gasteiger partial charge in [0.05, 0.1) is 17.6 Å². The van der Waals surface area contributed by atoms with E-state index in [1.165, 1.54) is 4.57 Å². The highest BCUT2D eigenvalue weighted by Crippen LogP contribution is 2.27. The zero-order valence-corrected chi connectivity index (χ0v) is 22.4. The summed E-state index contributed by atoms with van der Waals surface area (Å²) in [4.78, 5) is 39.1. The molecule has 0 aliphatic heterocycles. The van der Waals surface area contributed by atoms with Gasteiger partial charge in [0.15, 0.2) is 0 Å². The number of hydrogen-bond acceptors (Lipinski definition) is 7. The molecule has 0 saturated carbocycles. The van der Waals surface area contributed by atoms with Crippen molar-refractivity contribution in [1.82, 2.24) is 29.3 Å². The van der Waals surface area contributed by atoms with E-state index >= 15 is 0 Å². The van der Waals surface area contributed by atoms with Crippen molar-refractivity contribution in [2.45, 2.75) is 26.2 Å². The zero-order valence-electron chi connectivity index (χ0n) is 22.4. The monoisotopic (exact) mass is 523 g/mol. The molecule has 2 amide bonds. The minimum absolute atomic E-state index is 0.208. The number of amides is 2. The molecule has 0 radical (unpaired) electrons. The minimum atomic E-state index is -0.447. The van der Waals surface area contributed by atoms with Crippen LogP contribution in [-0.2, 0) is 12.5 Å². The number of pyridine rings is 2. The summed E-state index contributed by atoms with van der Waals surface area (Å²) < 4.78 is 3.15. The maximum atomic E-state index is 13.2. The third-order valence-corrected chi connectivity index (χ3v) is 6.21. The summed E-state index contributed by atoms with van der Waals surface area (Å²) in [6.07, 6.45) is 5.03. The number of anilines is 3. The Bertz CT molecular complexity index is 1730. The van der Waals surface area contributed by atoms with Crippen LogP contribution < -0.4 is 21.5 Å². The topological polar surface area (TPSA) is 132 Å². The first-order valence-electron chi connectivity index (χ1n) is 12.4. The summed E-state index contributed by atoms with van der Waals surface area (Å²) in [5.41, 5.74) is 3.29. The van der Waals surface area contributed by atoms with Crippen LogP contribution in [0.1, 0.15) is 26.5 Å². The largest absolute Gasteiger partial charge is 0.357 e. The fourth-order valence-corrected chi connectivity index (χ4v) is 4.13. The average molecular weight is 524 g/mol. The Morgan fingerprint density at radius 2 is 1.82 bits per heavy atom. The molecular weight excluding hydrogens is 494 g/mol. The van der Waals surface area contributed by atoms with E-state index in [4.69, 9.17) is 5.10 Å². The molecule has 0 spiro atoms. The van der Waals surface area contributed by atoms with Crippen molar-refractivity contribution >= 4 is 34.5 Å². The number of urea groups is 1. The van der Waals surface area contributed by atoms with Gasteiger partial charge in [0.2, 0.25) is 5.95 Å². The highest BCUT2D eigenvalue weighted by atomic mass is 16.2. The second-order valence-corrected chi connectivity index (χ2v) is 10.1. The normalized spacial score (nSPS) is 11.4. The Kier molecular flexibility index (Phi) is 6.57. The molecule has 11 nitrogen and oxygen atoms in total. The molecule has 5 aromatic rings. The Morgan fingerprint density at radius 3 is 2.54 bits per heavy atom. The average Bonchev–Trinajstić information content (AvgIpc) is 3.35. The number of rotatable bonds is 5. The number of fused-ring (bicyclic) bond motifs is 1. The van der Waals surface area contributed by atoms with Crippen molar-refractivity contribution in [1.29, 1.82) is 0 Å². The van der Waals surface area contributed by atoms with Gasteiger partial charge in [-0.1, -0.05) is 32.9 Å². The molecule has 4 aromatic heterocycles. The van der Waals surface area contributed by atoms with Crippen LogP contribution in [0.3, 0.4) is 0 Å². The first kappa shape index (κ1) is 25.6. The number of nitrogens with one attached hydrogen (secondary N) is 3. The Labute approximate surface area is 225 Å². The summed E-state index contributed by atoms with van der Waals surface area (Å²) in [6.45, 7) is 6.17. The molecule has 11 heteroatoms. The molecular formula is C28H29N9O2. The van der Waals surface area contributed by atoms with Crippen LogP contribution in [0, 0.1) is 0 Å². The summed E-state index contributed by atoms with van der Waals surface area (Å²) in [7, 11) is 3.39. The van der Waals surface area contributed by atoms with E-state index in [0.717, 1.165) is 16.8 Å². The summed E-state index contributed by atoms with van der Waals surface area (Å²) >= 11 is 0. The van der Waals surface area contributed by atoms with Gasteiger partial charge in [0, 0.05) is 54.6 Å². The smallest absolute Gasteiger partial charge is 0.324 e. The second-order valence-electron chi connectivity index (χ2n) is 10.1. The molecule has 0 aliphatic rings. The number of benzene rings is 1. The van der Waals surface area contributed by atoms with Gasteiger partial charge in [0.25, 0.3) is 5.56 Å². The van der Waals surface area contributed by atoms with Gasteiger partial charge >= 0.3 is 6.03 Å². The van der Waals surface area contributed by atoms with Gasteiger partial charge in [-0.2, -0.15) is 10.1 Å². The third-order valence-electron chi connectivity index (χ3n) is 6.21. The zero-order chi connectivity index (χ0) is 27.7. The lowest BCUT2D eigenvalue weighted by atomic mass is 9.92. The standard InChI is InChI=1S/C28H29N9O2/c1-28(2,3)22-14-23(37(35-22)20-10-7-11-30-16-20)33-27(39)32-19-9-6-8-17(12-19)21-13-18-15-31-26(29-4)34-24(18)36(5)25(21)38/h6-16H,1-5H3,(H,29,31,34)(H2,32,33,39). The molecule has 0 unspecified atom stereocenters. The van der Waals surface area contributed by atoms with Crippen molar-refractivity contribution < 1.29 is 4.79 Å². The maximum Gasteiger partial charge on any atom is 0.324 e. The van der Waals surface area contributed by atoms with Crippen molar-refractivity contribution in [3.8, 4) is 16.8 Å². The lowest BCUT2D eigenvalue weighted by Gasteiger charge is -2.14. The molecule has 0 fully saturated rings. The number of aromatic nitrogens is 6. The van der Waals surface area contributed by atoms with Crippen LogP contribution in [0.25, 0.3) is 27.8 Å². The molecule has 5 rings (SSSR count). The Morgan fingerprint density at radius 1 is 1.00 bits per heavy atom. The van der Waals surface area contributed by atoms with Gasteiger partial charge < -0.3 is 10.6 Å². The van der Waals surface area contributed by atoms with E-state index in [2.05, 4.69) is 51.7 Å². The van der Waals surface area contributed by atoms with Crippen LogP contribution in [0.2, 0.25) is 0 Å². The van der Waals surface area contributed by atoms with E-state index in [0.29, 0.717) is 34.2 Å². The first-order chi connectivity index (χ1) is 18.6. The molecule has 3 N–H and O–H groups in total. The Balaban J connectivity index is 1.43. The van der Waals surface area contributed by atoms with Gasteiger partial charge in [-0.15, -0.1) is 0 Å². The lowest BCUT2D eigenvalue weighted by molar-refractivity contribution is 0.262. The molecule has 0 bridgehead atoms. The van der Waals surface area contributed by atoms with E-state index in [1.54, 1.807) is 61.6 Å². The molecule has 0 aliphatic carbocycles. The quantitative estimate of drug-likeness (QED) is 0.308. The van der Waals surface area contributed by atoms with Gasteiger partial charge in [-0.25, -0.2) is 14.5 Å². The summed E-state index contributed by atoms with van der Waals surface area (Å²) in [5.74, 6) is 0.938. The number of carbonyl (C=O) groups is 1. The van der Waals surface area contributed by atoms with Crippen LogP contribution in [0.5, 0.6) is 0 Å². The maximum absolute atomic E-state index is 13.2. The SMILES string of the molecule is CNc1ncc2cc(-c3cccc(NC(=O)Nc4cc(C(C)(C)C)nn4-c4cccnc4)c3)c(=O)n(C)c2n1. The number of carbonyl (C=O) groups excluding carboxylic acids is 1. The molecule has 4 heterocycles. The summed E-state index contributed by atoms with van der Waals surface area (Å²) in [5, 5.41) is 14.1. The first-order valence-corrected chi connectivity index (χ1v) is 12.4. The third kappa shape index (κ3) is 5.19. The molecule has 198 valence electrons. The van der Waals surface area contributed by atoms with Crippen molar-refractivity contribution in [2.24, 2.45) is 7.05 Å². The number of aryl methyl sites for hydroxylation is 1. The Hall–Kier alpha value is -5.06. The van der Waals surface area contributed by atoms with E-state index in [1.807, 2.05) is 24.3 Å². The van der Waals surface area contributed by atoms with Gasteiger partial charge in [-0.05, 0) is 35.9 Å². The lowest BCUT2D eigenvalue weighted by Crippen LogP contribution is -2.22. The fraction of sp³-hybridized carbons (Fsp3) is 0.214. The fourth-order valence-electron chi connectivity index (χ4n) is 4.13. The molecule has 39 heavy (non-hydrogen) atoms. The summed E-state index contributed by atoms with van der Waals surface area (Å²) in [6, 6.07) is 14.0. The minimum Gasteiger partial charge on any atom is -0.357 e. The van der Waals surface area contributed by atoms with Crippen LogP contribution in [0.15, 0.2) is 71.9 Å². The molecule has 1 aromatic carbocycles. The van der Waals surface area contributed by atoms with Gasteiger partial charge in [0.1, 0.15) is 11.5 Å².